The number of fused-ring (bicyclic) bond motifs is 1. The van der Waals surface area contributed by atoms with E-state index >= 15 is 0 Å². The van der Waals surface area contributed by atoms with Crippen LogP contribution in [0.2, 0.25) is 0 Å². The van der Waals surface area contributed by atoms with Crippen molar-refractivity contribution in [2.24, 2.45) is 0 Å². The third kappa shape index (κ3) is 4.30. The van der Waals surface area contributed by atoms with E-state index in [2.05, 4.69) is 29.2 Å². The van der Waals surface area contributed by atoms with Crippen molar-refractivity contribution < 1.29 is 9.59 Å². The molecular weight excluding hydrogens is 418 g/mol. The maximum Gasteiger partial charge on any atom is 0.254 e. The number of thioether (sulfide) groups is 1. The van der Waals surface area contributed by atoms with Crippen molar-refractivity contribution >= 4 is 23.6 Å². The van der Waals surface area contributed by atoms with Crippen LogP contribution in [-0.4, -0.2) is 69.7 Å². The Kier molecular flexibility index (Phi) is 6.24. The Labute approximate surface area is 194 Å². The molecule has 3 heterocycles. The van der Waals surface area contributed by atoms with Gasteiger partial charge in [0.15, 0.2) is 0 Å². The van der Waals surface area contributed by atoms with Gasteiger partial charge < -0.3 is 9.80 Å². The number of hydrogen-bond acceptors (Lipinski definition) is 4. The zero-order valence-electron chi connectivity index (χ0n) is 18.5. The van der Waals surface area contributed by atoms with Crippen LogP contribution in [-0.2, 0) is 17.9 Å². The molecule has 168 valence electrons. The van der Waals surface area contributed by atoms with Crippen LogP contribution in [0.3, 0.4) is 0 Å². The second kappa shape index (κ2) is 9.28. The first-order valence-corrected chi connectivity index (χ1v) is 12.8. The van der Waals surface area contributed by atoms with E-state index in [0.717, 1.165) is 68.2 Å². The predicted molar refractivity (Wildman–Crippen MR) is 129 cm³/mol. The van der Waals surface area contributed by atoms with E-state index in [-0.39, 0.29) is 17.4 Å². The SMILES string of the molecule is O=C(CC1(N2Cc3ccccc3C2=O)CCSCC1)N1CCN(Cc2ccccc2)CC1. The van der Waals surface area contributed by atoms with Gasteiger partial charge in [0.25, 0.3) is 5.91 Å². The van der Waals surface area contributed by atoms with E-state index in [9.17, 15) is 9.59 Å². The Hall–Kier alpha value is -2.31. The lowest BCUT2D eigenvalue weighted by Gasteiger charge is -2.45. The molecule has 0 bridgehead atoms. The number of nitrogens with zero attached hydrogens (tertiary/aromatic N) is 3. The summed E-state index contributed by atoms with van der Waals surface area (Å²) in [6.07, 6.45) is 2.25. The predicted octanol–water partition coefficient (Wildman–Crippen LogP) is 3.64. The van der Waals surface area contributed by atoms with Gasteiger partial charge in [-0.2, -0.15) is 11.8 Å². The maximum absolute atomic E-state index is 13.4. The molecule has 3 aliphatic rings. The third-order valence-corrected chi connectivity index (χ3v) is 8.26. The lowest BCUT2D eigenvalue weighted by molar-refractivity contribution is -0.136. The topological polar surface area (TPSA) is 43.9 Å². The van der Waals surface area contributed by atoms with E-state index in [1.54, 1.807) is 0 Å². The molecule has 32 heavy (non-hydrogen) atoms. The van der Waals surface area contributed by atoms with E-state index in [1.165, 1.54) is 5.56 Å². The van der Waals surface area contributed by atoms with E-state index in [0.29, 0.717) is 13.0 Å². The monoisotopic (exact) mass is 449 g/mol. The molecule has 0 spiro atoms. The van der Waals surface area contributed by atoms with E-state index < -0.39 is 0 Å². The molecule has 2 amide bonds. The number of carbonyl (C=O) groups excluding carboxylic acids is 2. The lowest BCUT2D eigenvalue weighted by atomic mass is 9.85. The van der Waals surface area contributed by atoms with Crippen molar-refractivity contribution in [3.63, 3.8) is 0 Å². The van der Waals surface area contributed by atoms with Crippen LogP contribution < -0.4 is 0 Å². The smallest absolute Gasteiger partial charge is 0.254 e. The van der Waals surface area contributed by atoms with Crippen molar-refractivity contribution in [2.45, 2.75) is 37.9 Å². The zero-order chi connectivity index (χ0) is 22.0. The summed E-state index contributed by atoms with van der Waals surface area (Å²) >= 11 is 1.94. The minimum Gasteiger partial charge on any atom is -0.340 e. The van der Waals surface area contributed by atoms with Gasteiger partial charge in [-0.3, -0.25) is 14.5 Å². The fourth-order valence-corrected chi connectivity index (χ4v) is 6.57. The number of benzene rings is 2. The first kappa shape index (κ1) is 21.5. The Morgan fingerprint density at radius 1 is 0.906 bits per heavy atom. The highest BCUT2D eigenvalue weighted by atomic mass is 32.2. The van der Waals surface area contributed by atoms with Gasteiger partial charge in [-0.1, -0.05) is 48.5 Å². The molecule has 0 saturated carbocycles. The molecule has 2 fully saturated rings. The zero-order valence-corrected chi connectivity index (χ0v) is 19.4. The summed E-state index contributed by atoms with van der Waals surface area (Å²) < 4.78 is 0. The molecule has 5 nitrogen and oxygen atoms in total. The van der Waals surface area contributed by atoms with Crippen molar-refractivity contribution in [3.05, 3.63) is 71.3 Å². The van der Waals surface area contributed by atoms with E-state index in [1.807, 2.05) is 51.9 Å². The summed E-state index contributed by atoms with van der Waals surface area (Å²) in [6, 6.07) is 18.4. The third-order valence-electron chi connectivity index (χ3n) is 7.27. The van der Waals surface area contributed by atoms with Gasteiger partial charge in [0.05, 0.1) is 12.0 Å². The highest BCUT2D eigenvalue weighted by Gasteiger charge is 2.46. The van der Waals surface area contributed by atoms with Crippen LogP contribution in [0.25, 0.3) is 0 Å². The van der Waals surface area contributed by atoms with Crippen molar-refractivity contribution in [3.8, 4) is 0 Å². The molecule has 3 aliphatic heterocycles. The number of carbonyl (C=O) groups is 2. The average Bonchev–Trinajstić information content (AvgIpc) is 3.18. The van der Waals surface area contributed by atoms with Crippen molar-refractivity contribution in [2.75, 3.05) is 37.7 Å². The van der Waals surface area contributed by atoms with E-state index in [4.69, 9.17) is 0 Å². The Morgan fingerprint density at radius 3 is 2.31 bits per heavy atom. The summed E-state index contributed by atoms with van der Waals surface area (Å²) in [5.41, 5.74) is 2.88. The summed E-state index contributed by atoms with van der Waals surface area (Å²) in [4.78, 5) is 33.2. The molecule has 0 radical (unpaired) electrons. The Morgan fingerprint density at radius 2 is 1.59 bits per heavy atom. The molecule has 2 aromatic carbocycles. The van der Waals surface area contributed by atoms with Gasteiger partial charge in [0.2, 0.25) is 5.91 Å². The molecular formula is C26H31N3O2S. The number of rotatable bonds is 5. The molecule has 0 unspecified atom stereocenters. The second-order valence-corrected chi connectivity index (χ2v) is 10.4. The van der Waals surface area contributed by atoms with Crippen LogP contribution in [0.15, 0.2) is 54.6 Å². The minimum atomic E-state index is -0.348. The fraction of sp³-hybridized carbons (Fsp3) is 0.462. The standard InChI is InChI=1S/C26H31N3O2S/c30-24(28-14-12-27(13-15-28)19-21-6-2-1-3-7-21)18-26(10-16-32-17-11-26)29-20-22-8-4-5-9-23(22)25(29)31/h1-9H,10-20H2. The minimum absolute atomic E-state index is 0.105. The maximum atomic E-state index is 13.4. The molecule has 2 aromatic rings. The first-order chi connectivity index (χ1) is 15.6. The normalized spacial score (nSPS) is 20.9. The fourth-order valence-electron chi connectivity index (χ4n) is 5.32. The summed E-state index contributed by atoms with van der Waals surface area (Å²) in [6.45, 7) is 4.91. The van der Waals surface area contributed by atoms with Crippen molar-refractivity contribution in [1.29, 1.82) is 0 Å². The lowest BCUT2D eigenvalue weighted by Crippen LogP contribution is -2.56. The molecule has 0 N–H and O–H groups in total. The second-order valence-electron chi connectivity index (χ2n) is 9.20. The van der Waals surface area contributed by atoms with Crippen LogP contribution in [0.4, 0.5) is 0 Å². The molecule has 0 atom stereocenters. The van der Waals surface area contributed by atoms with Gasteiger partial charge in [-0.05, 0) is 41.5 Å². The molecule has 2 saturated heterocycles. The van der Waals surface area contributed by atoms with Crippen LogP contribution in [0.5, 0.6) is 0 Å². The quantitative estimate of drug-likeness (QED) is 0.699. The number of piperazine rings is 1. The van der Waals surface area contributed by atoms with Crippen LogP contribution >= 0.6 is 11.8 Å². The Bertz CT molecular complexity index is 966. The summed E-state index contributed by atoms with van der Waals surface area (Å²) in [5.74, 6) is 2.34. The Balaban J connectivity index is 1.24. The van der Waals surface area contributed by atoms with Gasteiger partial charge in [0, 0.05) is 44.8 Å². The van der Waals surface area contributed by atoms with Crippen LogP contribution in [0, 0.1) is 0 Å². The van der Waals surface area contributed by atoms with Crippen molar-refractivity contribution in [1.82, 2.24) is 14.7 Å². The van der Waals surface area contributed by atoms with Gasteiger partial charge in [-0.15, -0.1) is 0 Å². The molecule has 0 aliphatic carbocycles. The summed E-state index contributed by atoms with van der Waals surface area (Å²) in [5, 5.41) is 0. The molecule has 5 rings (SSSR count). The number of amides is 2. The van der Waals surface area contributed by atoms with Gasteiger partial charge in [-0.25, -0.2) is 0 Å². The van der Waals surface area contributed by atoms with Gasteiger partial charge >= 0.3 is 0 Å². The first-order valence-electron chi connectivity index (χ1n) is 11.7. The summed E-state index contributed by atoms with van der Waals surface area (Å²) in [7, 11) is 0. The molecule has 6 heteroatoms. The largest absolute Gasteiger partial charge is 0.340 e. The van der Waals surface area contributed by atoms with Gasteiger partial charge in [0.1, 0.15) is 0 Å². The van der Waals surface area contributed by atoms with Crippen LogP contribution in [0.1, 0.15) is 40.7 Å². The highest BCUT2D eigenvalue weighted by Crippen LogP contribution is 2.40. The highest BCUT2D eigenvalue weighted by molar-refractivity contribution is 7.99. The molecule has 0 aromatic heterocycles. The average molecular weight is 450 g/mol. The number of hydrogen-bond donors (Lipinski definition) is 0.